The predicted molar refractivity (Wildman–Crippen MR) is 102 cm³/mol. The van der Waals surface area contributed by atoms with Crippen LogP contribution in [0.3, 0.4) is 0 Å². The van der Waals surface area contributed by atoms with Crippen LogP contribution in [0, 0.1) is 4.91 Å². The van der Waals surface area contributed by atoms with E-state index in [4.69, 9.17) is 11.6 Å². The van der Waals surface area contributed by atoms with E-state index >= 15 is 0 Å². The van der Waals surface area contributed by atoms with Crippen molar-refractivity contribution in [2.75, 3.05) is 4.72 Å². The second kappa shape index (κ2) is 7.66. The fourth-order valence-electron chi connectivity index (χ4n) is 2.34. The molecule has 0 radical (unpaired) electrons. The monoisotopic (exact) mass is 438 g/mol. The van der Waals surface area contributed by atoms with Gasteiger partial charge in [-0.05, 0) is 42.5 Å². The summed E-state index contributed by atoms with van der Waals surface area (Å²) in [6.07, 6.45) is 2.57. The number of nitrogens with one attached hydrogen (secondary N) is 2. The van der Waals surface area contributed by atoms with Gasteiger partial charge in [-0.1, -0.05) is 11.6 Å². The van der Waals surface area contributed by atoms with Crippen molar-refractivity contribution in [3.63, 3.8) is 0 Å². The van der Waals surface area contributed by atoms with Gasteiger partial charge < -0.3 is 0 Å². The molecule has 144 valence electrons. The lowest BCUT2D eigenvalue weighted by molar-refractivity contribution is -0.379. The highest BCUT2D eigenvalue weighted by molar-refractivity contribution is 7.93. The maximum atomic E-state index is 12.9. The maximum Gasteiger partial charge on any atom is 0.261 e. The molecule has 0 aliphatic rings. The first-order valence-corrected chi connectivity index (χ1v) is 11.0. The third-order valence-corrected chi connectivity index (χ3v) is 7.10. The molecule has 1 aromatic heterocycles. The van der Waals surface area contributed by atoms with Gasteiger partial charge in [0.05, 0.1) is 20.4 Å². The Kier molecular flexibility index (Phi) is 5.45. The van der Waals surface area contributed by atoms with Crippen molar-refractivity contribution in [3.8, 4) is 0 Å². The first-order valence-electron chi connectivity index (χ1n) is 7.70. The topological polar surface area (TPSA) is 124 Å². The van der Waals surface area contributed by atoms with E-state index in [1.807, 2.05) is 0 Å². The van der Waals surface area contributed by atoms with E-state index in [9.17, 15) is 21.7 Å². The molecule has 2 N–H and O–H groups in total. The first-order chi connectivity index (χ1) is 13.2. The molecule has 0 fully saturated rings. The minimum atomic E-state index is -4.12. The van der Waals surface area contributed by atoms with Gasteiger partial charge in [-0.3, -0.25) is 9.71 Å². The molecule has 2 aromatic carbocycles. The SMILES string of the molecule is O=[NH+]c1ccc(S(=O)(=O)Nc2ccc(Cl)cc2S(=O)(=O)c2cccnc2)cc1. The molecule has 28 heavy (non-hydrogen) atoms. The van der Waals surface area contributed by atoms with Gasteiger partial charge in [0.25, 0.3) is 15.7 Å². The van der Waals surface area contributed by atoms with Gasteiger partial charge in [-0.2, -0.15) is 0 Å². The molecule has 8 nitrogen and oxygen atoms in total. The summed E-state index contributed by atoms with van der Waals surface area (Å²) in [6.45, 7) is 0. The lowest BCUT2D eigenvalue weighted by atomic mass is 10.3. The molecule has 0 amide bonds. The molecule has 1 heterocycles. The second-order valence-corrected chi connectivity index (χ2v) is 9.60. The Labute approximate surface area is 166 Å². The average molecular weight is 439 g/mol. The summed E-state index contributed by atoms with van der Waals surface area (Å²) < 4.78 is 53.4. The number of hydrogen-bond acceptors (Lipinski definition) is 6. The molecule has 0 unspecified atom stereocenters. The first kappa shape index (κ1) is 19.9. The van der Waals surface area contributed by atoms with Crippen molar-refractivity contribution in [3.05, 3.63) is 76.9 Å². The van der Waals surface area contributed by atoms with E-state index in [0.29, 0.717) is 0 Å². The van der Waals surface area contributed by atoms with E-state index in [1.165, 1.54) is 54.7 Å². The van der Waals surface area contributed by atoms with Crippen LogP contribution < -0.4 is 9.90 Å². The number of anilines is 1. The van der Waals surface area contributed by atoms with Crippen LogP contribution in [0.4, 0.5) is 11.4 Å². The van der Waals surface area contributed by atoms with E-state index in [2.05, 4.69) is 9.71 Å². The number of sulfone groups is 1. The van der Waals surface area contributed by atoms with Crippen LogP contribution in [0.15, 0.2) is 81.7 Å². The third kappa shape index (κ3) is 4.03. The highest BCUT2D eigenvalue weighted by Crippen LogP contribution is 2.31. The number of nitrogens with zero attached hydrogens (tertiary/aromatic N) is 1. The minimum Gasteiger partial charge on any atom is -0.278 e. The molecule has 0 spiro atoms. The normalized spacial score (nSPS) is 11.8. The Morgan fingerprint density at radius 2 is 1.64 bits per heavy atom. The Morgan fingerprint density at radius 3 is 2.25 bits per heavy atom. The van der Waals surface area contributed by atoms with Crippen LogP contribution in [0.5, 0.6) is 0 Å². The van der Waals surface area contributed by atoms with Crippen LogP contribution >= 0.6 is 11.6 Å². The van der Waals surface area contributed by atoms with Gasteiger partial charge in [0, 0.05) is 39.6 Å². The summed E-state index contributed by atoms with van der Waals surface area (Å²) in [5, 5.41) is 1.77. The molecule has 0 aliphatic heterocycles. The van der Waals surface area contributed by atoms with Crippen molar-refractivity contribution in [1.29, 1.82) is 0 Å². The van der Waals surface area contributed by atoms with Gasteiger partial charge in [0.15, 0.2) is 0 Å². The van der Waals surface area contributed by atoms with Gasteiger partial charge in [0.1, 0.15) is 0 Å². The fraction of sp³-hybridized carbons (Fsp3) is 0. The second-order valence-electron chi connectivity index (χ2n) is 5.56. The quantitative estimate of drug-likeness (QED) is 0.605. The van der Waals surface area contributed by atoms with Gasteiger partial charge >= 0.3 is 0 Å². The smallest absolute Gasteiger partial charge is 0.261 e. The van der Waals surface area contributed by atoms with E-state index in [-0.39, 0.29) is 31.1 Å². The van der Waals surface area contributed by atoms with Gasteiger partial charge in [0.2, 0.25) is 9.84 Å². The van der Waals surface area contributed by atoms with E-state index < -0.39 is 19.9 Å². The Hall–Kier alpha value is -2.82. The number of sulfonamides is 1. The molecule has 0 bridgehead atoms. The minimum absolute atomic E-state index is 0.108. The standard InChI is InChI=1S/C17H12ClN3O5S2/c18-12-3-8-16(17(10-12)27(23,24)15-2-1-9-19-11-15)21-28(25,26)14-6-4-13(20-22)5-7-14/h1-11,21H/p+1. The molecule has 0 saturated heterocycles. The lowest BCUT2D eigenvalue weighted by Gasteiger charge is -2.13. The predicted octanol–water partition coefficient (Wildman–Crippen LogP) is 1.85. The van der Waals surface area contributed by atoms with Crippen LogP contribution in [-0.4, -0.2) is 21.8 Å². The molecular formula is C17H13ClN3O5S2+. The number of halogens is 1. The summed E-state index contributed by atoms with van der Waals surface area (Å²) in [5.74, 6) is 0. The summed E-state index contributed by atoms with van der Waals surface area (Å²) in [7, 11) is -8.20. The van der Waals surface area contributed by atoms with Crippen LogP contribution in [0.25, 0.3) is 0 Å². The number of rotatable bonds is 6. The highest BCUT2D eigenvalue weighted by Gasteiger charge is 2.25. The molecule has 3 rings (SSSR count). The van der Waals surface area contributed by atoms with Crippen molar-refractivity contribution in [2.45, 2.75) is 14.7 Å². The number of aromatic nitrogens is 1. The number of nitroso groups, excluding NO2 is 1. The van der Waals surface area contributed by atoms with Gasteiger partial charge in [-0.15, -0.1) is 0 Å². The number of pyridine rings is 1. The third-order valence-electron chi connectivity index (χ3n) is 3.70. The zero-order valence-corrected chi connectivity index (χ0v) is 16.4. The van der Waals surface area contributed by atoms with Crippen molar-refractivity contribution >= 4 is 42.8 Å². The molecule has 0 saturated carbocycles. The number of benzene rings is 2. The molecule has 3 aromatic rings. The summed E-state index contributed by atoms with van der Waals surface area (Å²) in [5.41, 5.74) is 0.0181. The molecule has 0 aliphatic carbocycles. The fourth-order valence-corrected chi connectivity index (χ4v) is 5.12. The largest absolute Gasteiger partial charge is 0.278 e. The van der Waals surface area contributed by atoms with Crippen LogP contribution in [0.1, 0.15) is 0 Å². The lowest BCUT2D eigenvalue weighted by Crippen LogP contribution is -2.55. The zero-order valence-electron chi connectivity index (χ0n) is 14.0. The van der Waals surface area contributed by atoms with Crippen LogP contribution in [0.2, 0.25) is 5.02 Å². The van der Waals surface area contributed by atoms with E-state index in [0.717, 1.165) is 12.3 Å². The highest BCUT2D eigenvalue weighted by atomic mass is 35.5. The zero-order chi connectivity index (χ0) is 20.4. The summed E-state index contributed by atoms with van der Waals surface area (Å²) in [4.78, 5) is 13.8. The summed E-state index contributed by atoms with van der Waals surface area (Å²) in [6, 6.07) is 11.6. The van der Waals surface area contributed by atoms with Crippen LogP contribution in [-0.2, 0) is 19.9 Å². The average Bonchev–Trinajstić information content (AvgIpc) is 2.70. The van der Waals surface area contributed by atoms with Crippen molar-refractivity contribution in [1.82, 2.24) is 4.98 Å². The molecule has 11 heteroatoms. The number of hydrogen-bond donors (Lipinski definition) is 2. The Bertz CT molecular complexity index is 1230. The Morgan fingerprint density at radius 1 is 0.929 bits per heavy atom. The molecule has 0 atom stereocenters. The van der Waals surface area contributed by atoms with E-state index in [1.54, 1.807) is 5.18 Å². The Balaban J connectivity index is 2.07. The molecular weight excluding hydrogens is 426 g/mol. The van der Waals surface area contributed by atoms with Crippen molar-refractivity contribution < 1.29 is 22.0 Å². The summed E-state index contributed by atoms with van der Waals surface area (Å²) >= 11 is 5.94. The van der Waals surface area contributed by atoms with Gasteiger partial charge in [-0.25, -0.2) is 16.8 Å². The maximum absolute atomic E-state index is 12.9. The van der Waals surface area contributed by atoms with Crippen molar-refractivity contribution in [2.24, 2.45) is 0 Å².